The van der Waals surface area contributed by atoms with Crippen LogP contribution < -0.4 is 0 Å². The number of fused-ring (bicyclic) bond motifs is 3. The fraction of sp³-hybridized carbons (Fsp3) is 0.222. The van der Waals surface area contributed by atoms with Crippen LogP contribution in [-0.2, 0) is 14.9 Å². The van der Waals surface area contributed by atoms with Crippen molar-refractivity contribution in [1.29, 1.82) is 0 Å². The van der Waals surface area contributed by atoms with Crippen LogP contribution in [-0.4, -0.2) is 12.6 Å². The van der Waals surface area contributed by atoms with E-state index in [0.29, 0.717) is 12.2 Å². The van der Waals surface area contributed by atoms with Crippen LogP contribution in [0.5, 0.6) is 0 Å². The highest BCUT2D eigenvalue weighted by Gasteiger charge is 2.44. The van der Waals surface area contributed by atoms with Gasteiger partial charge in [0, 0.05) is 16.9 Å². The Labute approximate surface area is 172 Å². The van der Waals surface area contributed by atoms with E-state index in [1.54, 1.807) is 6.92 Å². The minimum atomic E-state index is -0.332. The first-order valence-corrected chi connectivity index (χ1v) is 10.1. The number of carbonyl (C=O) groups excluding carboxylic acids is 1. The van der Waals surface area contributed by atoms with Gasteiger partial charge in [0.25, 0.3) is 0 Å². The standard InChI is InChI=1S/C27H26O2/c1-19(2)26(28)29-18-10-17-27-20(3)11-4-5-12-21(22-13-6-8-15-24(22)27)23-14-7-9-16-25(23)27/h4-9,11-16,21H,1,3,10,17-18H2,2H3/b11-4-,12-5-. The molecule has 0 radical (unpaired) electrons. The molecule has 4 rings (SSSR count). The summed E-state index contributed by atoms with van der Waals surface area (Å²) in [5.41, 5.74) is 6.42. The Kier molecular flexibility index (Phi) is 5.10. The zero-order valence-corrected chi connectivity index (χ0v) is 16.9. The van der Waals surface area contributed by atoms with Crippen molar-refractivity contribution < 1.29 is 9.53 Å². The van der Waals surface area contributed by atoms with Crippen molar-refractivity contribution in [2.45, 2.75) is 31.1 Å². The fourth-order valence-corrected chi connectivity index (χ4v) is 4.72. The summed E-state index contributed by atoms with van der Waals surface area (Å²) in [4.78, 5) is 11.8. The van der Waals surface area contributed by atoms with Crippen LogP contribution in [0.4, 0.5) is 0 Å². The second-order valence-corrected chi connectivity index (χ2v) is 7.85. The van der Waals surface area contributed by atoms with Crippen LogP contribution in [0.1, 0.15) is 47.9 Å². The van der Waals surface area contributed by atoms with Gasteiger partial charge in [-0.25, -0.2) is 4.79 Å². The maximum Gasteiger partial charge on any atom is 0.333 e. The Morgan fingerprint density at radius 2 is 1.66 bits per heavy atom. The molecule has 0 saturated carbocycles. The lowest BCUT2D eigenvalue weighted by atomic mass is 9.59. The molecule has 2 aromatic carbocycles. The smallest absolute Gasteiger partial charge is 0.333 e. The van der Waals surface area contributed by atoms with Gasteiger partial charge in [-0.2, -0.15) is 0 Å². The van der Waals surface area contributed by atoms with E-state index >= 15 is 0 Å². The van der Waals surface area contributed by atoms with Crippen LogP contribution >= 0.6 is 0 Å². The molecule has 0 spiro atoms. The second-order valence-electron chi connectivity index (χ2n) is 7.85. The highest BCUT2D eigenvalue weighted by atomic mass is 16.5. The lowest BCUT2D eigenvalue weighted by Crippen LogP contribution is -2.36. The Hall–Kier alpha value is -3.13. The van der Waals surface area contributed by atoms with Gasteiger partial charge < -0.3 is 4.74 Å². The van der Waals surface area contributed by atoms with Crippen molar-refractivity contribution in [2.75, 3.05) is 6.61 Å². The van der Waals surface area contributed by atoms with Gasteiger partial charge in [-0.15, -0.1) is 0 Å². The van der Waals surface area contributed by atoms with E-state index < -0.39 is 0 Å². The van der Waals surface area contributed by atoms with Crippen molar-refractivity contribution in [1.82, 2.24) is 0 Å². The molecule has 2 aliphatic carbocycles. The largest absolute Gasteiger partial charge is 0.462 e. The molecule has 2 aliphatic rings. The molecule has 146 valence electrons. The molecule has 2 heteroatoms. The quantitative estimate of drug-likeness (QED) is 0.360. The zero-order valence-electron chi connectivity index (χ0n) is 16.9. The Bertz CT molecular complexity index is 991. The third-order valence-corrected chi connectivity index (χ3v) is 6.05. The first kappa shape index (κ1) is 19.2. The summed E-state index contributed by atoms with van der Waals surface area (Å²) >= 11 is 0. The molecule has 0 N–H and O–H groups in total. The molecule has 0 heterocycles. The minimum absolute atomic E-state index is 0.229. The fourth-order valence-electron chi connectivity index (χ4n) is 4.72. The van der Waals surface area contributed by atoms with Gasteiger partial charge in [0.2, 0.25) is 0 Å². The highest BCUT2D eigenvalue weighted by molar-refractivity contribution is 5.86. The lowest BCUT2D eigenvalue weighted by molar-refractivity contribution is -0.139. The first-order chi connectivity index (χ1) is 14.1. The first-order valence-electron chi connectivity index (χ1n) is 10.1. The summed E-state index contributed by atoms with van der Waals surface area (Å²) in [6, 6.07) is 17.4. The Morgan fingerprint density at radius 3 is 2.28 bits per heavy atom. The zero-order chi connectivity index (χ0) is 20.4. The van der Waals surface area contributed by atoms with Crippen molar-refractivity contribution in [3.63, 3.8) is 0 Å². The molecular weight excluding hydrogens is 356 g/mol. The summed E-state index contributed by atoms with van der Waals surface area (Å²) in [5.74, 6) is -0.100. The van der Waals surface area contributed by atoms with Gasteiger partial charge in [-0.1, -0.05) is 86.0 Å². The molecule has 0 amide bonds. The Balaban J connectivity index is 1.81. The molecule has 2 nitrogen and oxygen atoms in total. The molecule has 0 fully saturated rings. The van der Waals surface area contributed by atoms with E-state index in [1.807, 2.05) is 0 Å². The summed E-state index contributed by atoms with van der Waals surface area (Å²) < 4.78 is 5.39. The van der Waals surface area contributed by atoms with E-state index in [0.717, 1.165) is 18.4 Å². The number of carbonyl (C=O) groups is 1. The monoisotopic (exact) mass is 382 g/mol. The number of hydrogen-bond acceptors (Lipinski definition) is 2. The van der Waals surface area contributed by atoms with Gasteiger partial charge in [0.15, 0.2) is 0 Å². The second kappa shape index (κ2) is 7.71. The number of hydrogen-bond donors (Lipinski definition) is 0. The van der Waals surface area contributed by atoms with Crippen molar-refractivity contribution in [3.05, 3.63) is 119 Å². The molecule has 0 unspecified atom stereocenters. The van der Waals surface area contributed by atoms with Crippen LogP contribution in [0.3, 0.4) is 0 Å². The van der Waals surface area contributed by atoms with Crippen molar-refractivity contribution in [2.24, 2.45) is 0 Å². The maximum absolute atomic E-state index is 11.8. The molecule has 0 saturated heterocycles. The van der Waals surface area contributed by atoms with Gasteiger partial charge >= 0.3 is 5.97 Å². The molecule has 0 atom stereocenters. The number of benzene rings is 2. The normalized spacial score (nSPS) is 23.8. The molecule has 0 aliphatic heterocycles. The van der Waals surface area contributed by atoms with Gasteiger partial charge in [-0.05, 0) is 47.6 Å². The van der Waals surface area contributed by atoms with Crippen molar-refractivity contribution in [3.8, 4) is 0 Å². The number of allylic oxidation sites excluding steroid dienone is 5. The van der Waals surface area contributed by atoms with Crippen molar-refractivity contribution >= 4 is 5.97 Å². The summed E-state index contributed by atoms with van der Waals surface area (Å²) in [5, 5.41) is 0. The summed E-state index contributed by atoms with van der Waals surface area (Å²) in [7, 11) is 0. The van der Waals surface area contributed by atoms with Crippen LogP contribution in [0.2, 0.25) is 0 Å². The predicted molar refractivity (Wildman–Crippen MR) is 118 cm³/mol. The molecule has 2 bridgehead atoms. The predicted octanol–water partition coefficient (Wildman–Crippen LogP) is 6.00. The Morgan fingerprint density at radius 1 is 1.03 bits per heavy atom. The molecule has 0 aromatic heterocycles. The topological polar surface area (TPSA) is 26.3 Å². The van der Waals surface area contributed by atoms with E-state index in [2.05, 4.69) is 86.0 Å². The summed E-state index contributed by atoms with van der Waals surface area (Å²) in [6.45, 7) is 10.2. The van der Waals surface area contributed by atoms with E-state index in [1.165, 1.54) is 22.3 Å². The molecular formula is C27H26O2. The van der Waals surface area contributed by atoms with E-state index in [9.17, 15) is 4.79 Å². The van der Waals surface area contributed by atoms with E-state index in [-0.39, 0.29) is 17.3 Å². The van der Waals surface area contributed by atoms with Gasteiger partial charge in [-0.3, -0.25) is 0 Å². The number of esters is 1. The molecule has 2 aromatic rings. The molecule has 29 heavy (non-hydrogen) atoms. The van der Waals surface area contributed by atoms with Crippen LogP contribution in [0.25, 0.3) is 0 Å². The number of rotatable bonds is 5. The third kappa shape index (κ3) is 3.19. The average Bonchev–Trinajstić information content (AvgIpc) is 2.83. The van der Waals surface area contributed by atoms with Gasteiger partial charge in [0.05, 0.1) is 6.61 Å². The highest BCUT2D eigenvalue weighted by Crippen LogP contribution is 2.53. The average molecular weight is 383 g/mol. The SMILES string of the molecule is C=C(C)C(=O)OCCCC12C(=C)/C=C\C=C/C(c3ccccc31)c1ccccc12. The van der Waals surface area contributed by atoms with Crippen LogP contribution in [0.15, 0.2) is 97.1 Å². The minimum Gasteiger partial charge on any atom is -0.462 e. The maximum atomic E-state index is 11.8. The lowest BCUT2D eigenvalue weighted by Gasteiger charge is -2.44. The summed E-state index contributed by atoms with van der Waals surface area (Å²) in [6.07, 6.45) is 10.2. The third-order valence-electron chi connectivity index (χ3n) is 6.05. The number of ether oxygens (including phenoxy) is 1. The van der Waals surface area contributed by atoms with E-state index in [4.69, 9.17) is 4.74 Å². The van der Waals surface area contributed by atoms with Crippen LogP contribution in [0, 0.1) is 0 Å². The van der Waals surface area contributed by atoms with Gasteiger partial charge in [0.1, 0.15) is 0 Å².